The van der Waals surface area contributed by atoms with Crippen molar-refractivity contribution in [3.05, 3.63) is 33.8 Å². The summed E-state index contributed by atoms with van der Waals surface area (Å²) in [5, 5.41) is 3.93. The monoisotopic (exact) mass is 339 g/mol. The number of halogens is 1. The van der Waals surface area contributed by atoms with Crippen molar-refractivity contribution in [1.82, 2.24) is 15.0 Å². The molecule has 0 aromatic carbocycles. The van der Waals surface area contributed by atoms with Gasteiger partial charge in [-0.1, -0.05) is 5.16 Å². The first kappa shape index (κ1) is 13.4. The summed E-state index contributed by atoms with van der Waals surface area (Å²) in [7, 11) is 0. The predicted molar refractivity (Wildman–Crippen MR) is 73.2 cm³/mol. The van der Waals surface area contributed by atoms with E-state index in [1.165, 1.54) is 0 Å². The van der Waals surface area contributed by atoms with E-state index in [0.29, 0.717) is 28.7 Å². The van der Waals surface area contributed by atoms with Gasteiger partial charge in [-0.2, -0.15) is 4.98 Å². The Morgan fingerprint density at radius 3 is 2.90 bits per heavy atom. The van der Waals surface area contributed by atoms with Crippen LogP contribution in [-0.2, 0) is 0 Å². The Bertz CT molecular complexity index is 649. The van der Waals surface area contributed by atoms with Crippen LogP contribution in [-0.4, -0.2) is 27.5 Å². The van der Waals surface area contributed by atoms with E-state index < -0.39 is 0 Å². The zero-order valence-electron chi connectivity index (χ0n) is 11.2. The van der Waals surface area contributed by atoms with Crippen molar-refractivity contribution in [2.75, 3.05) is 6.54 Å². The number of amides is 1. The lowest BCUT2D eigenvalue weighted by Gasteiger charge is -2.21. The fraction of sp³-hybridized carbons (Fsp3) is 0.462. The van der Waals surface area contributed by atoms with E-state index in [2.05, 4.69) is 26.1 Å². The van der Waals surface area contributed by atoms with Crippen LogP contribution in [0.4, 0.5) is 0 Å². The Morgan fingerprint density at radius 2 is 2.30 bits per heavy atom. The van der Waals surface area contributed by atoms with Gasteiger partial charge in [0.2, 0.25) is 5.89 Å². The van der Waals surface area contributed by atoms with Crippen LogP contribution >= 0.6 is 15.9 Å². The summed E-state index contributed by atoms with van der Waals surface area (Å²) in [5.74, 6) is 1.31. The van der Waals surface area contributed by atoms with Crippen molar-refractivity contribution in [3.63, 3.8) is 0 Å². The van der Waals surface area contributed by atoms with Crippen molar-refractivity contribution < 1.29 is 13.7 Å². The third-order valence-corrected chi connectivity index (χ3v) is 3.83. The van der Waals surface area contributed by atoms with Crippen LogP contribution < -0.4 is 0 Å². The first-order valence-electron chi connectivity index (χ1n) is 6.43. The molecule has 2 aromatic rings. The standard InChI is InChI=1S/C13H14BrN3O3/c1-7-6-10(14)19-11(7)13(18)17-5-3-4-9(17)12-15-8(2)20-16-12/h6,9H,3-5H2,1-2H3/t9-/m0/s1. The lowest BCUT2D eigenvalue weighted by Crippen LogP contribution is -2.31. The lowest BCUT2D eigenvalue weighted by molar-refractivity contribution is 0.0693. The number of likely N-dealkylation sites (tertiary alicyclic amines) is 1. The zero-order chi connectivity index (χ0) is 14.3. The van der Waals surface area contributed by atoms with E-state index in [-0.39, 0.29) is 11.9 Å². The van der Waals surface area contributed by atoms with E-state index >= 15 is 0 Å². The van der Waals surface area contributed by atoms with E-state index in [9.17, 15) is 4.79 Å². The minimum Gasteiger partial charge on any atom is -0.444 e. The lowest BCUT2D eigenvalue weighted by atomic mass is 10.2. The molecule has 0 bridgehead atoms. The summed E-state index contributed by atoms with van der Waals surface area (Å²) in [5.41, 5.74) is 0.816. The average Bonchev–Trinajstić information content (AvgIpc) is 3.08. The van der Waals surface area contributed by atoms with Crippen LogP contribution in [0.1, 0.15) is 46.7 Å². The second-order valence-electron chi connectivity index (χ2n) is 4.89. The maximum absolute atomic E-state index is 12.6. The van der Waals surface area contributed by atoms with Crippen molar-refractivity contribution in [1.29, 1.82) is 0 Å². The Labute approximate surface area is 124 Å². The van der Waals surface area contributed by atoms with Gasteiger partial charge in [0.05, 0.1) is 6.04 Å². The Morgan fingerprint density at radius 1 is 1.50 bits per heavy atom. The molecule has 1 atom stereocenters. The Balaban J connectivity index is 1.89. The Hall–Kier alpha value is -1.63. The minimum atomic E-state index is -0.136. The zero-order valence-corrected chi connectivity index (χ0v) is 12.8. The molecule has 106 valence electrons. The average molecular weight is 340 g/mol. The summed E-state index contributed by atoms with van der Waals surface area (Å²) < 4.78 is 11.0. The molecule has 1 fully saturated rings. The number of aromatic nitrogens is 2. The predicted octanol–water partition coefficient (Wildman–Crippen LogP) is 3.02. The van der Waals surface area contributed by atoms with E-state index in [0.717, 1.165) is 18.4 Å². The first-order valence-corrected chi connectivity index (χ1v) is 7.22. The summed E-state index contributed by atoms with van der Waals surface area (Å²) >= 11 is 3.25. The highest BCUT2D eigenvalue weighted by Crippen LogP contribution is 2.33. The van der Waals surface area contributed by atoms with E-state index in [4.69, 9.17) is 8.94 Å². The summed E-state index contributed by atoms with van der Waals surface area (Å²) in [6.45, 7) is 4.27. The SMILES string of the molecule is Cc1nc([C@@H]2CCCN2C(=O)c2oc(Br)cc2C)no1. The molecule has 7 heteroatoms. The third-order valence-electron chi connectivity index (χ3n) is 3.44. The van der Waals surface area contributed by atoms with Crippen LogP contribution in [0.5, 0.6) is 0 Å². The number of rotatable bonds is 2. The van der Waals surface area contributed by atoms with Crippen LogP contribution in [0.25, 0.3) is 0 Å². The highest BCUT2D eigenvalue weighted by atomic mass is 79.9. The minimum absolute atomic E-state index is 0.127. The molecule has 0 spiro atoms. The molecular formula is C13H14BrN3O3. The smallest absolute Gasteiger partial charge is 0.290 e. The number of hydrogen-bond acceptors (Lipinski definition) is 5. The molecule has 0 aliphatic carbocycles. The molecule has 2 aromatic heterocycles. The largest absolute Gasteiger partial charge is 0.444 e. The molecule has 0 saturated carbocycles. The van der Waals surface area contributed by atoms with Gasteiger partial charge in [-0.25, -0.2) is 0 Å². The number of carbonyl (C=O) groups excluding carboxylic acids is 1. The second-order valence-corrected chi connectivity index (χ2v) is 5.67. The van der Waals surface area contributed by atoms with Crippen LogP contribution in [0.3, 0.4) is 0 Å². The molecule has 1 aliphatic rings. The number of hydrogen-bond donors (Lipinski definition) is 0. The van der Waals surface area contributed by atoms with Crippen molar-refractivity contribution in [2.45, 2.75) is 32.7 Å². The van der Waals surface area contributed by atoms with Gasteiger partial charge in [0.1, 0.15) is 0 Å². The summed E-state index contributed by atoms with van der Waals surface area (Å²) in [6, 6.07) is 1.65. The van der Waals surface area contributed by atoms with Crippen molar-refractivity contribution in [2.24, 2.45) is 0 Å². The second kappa shape index (κ2) is 5.05. The number of furan rings is 1. The summed E-state index contributed by atoms with van der Waals surface area (Å²) in [6.07, 6.45) is 1.76. The molecule has 6 nitrogen and oxygen atoms in total. The molecule has 1 aliphatic heterocycles. The number of nitrogens with zero attached hydrogens (tertiary/aromatic N) is 3. The fourth-order valence-electron chi connectivity index (χ4n) is 2.51. The molecule has 1 saturated heterocycles. The normalized spacial score (nSPS) is 18.8. The Kier molecular flexibility index (Phi) is 3.37. The van der Waals surface area contributed by atoms with E-state index in [1.54, 1.807) is 17.9 Å². The summed E-state index contributed by atoms with van der Waals surface area (Å²) in [4.78, 5) is 18.6. The molecule has 1 amide bonds. The van der Waals surface area contributed by atoms with E-state index in [1.807, 2.05) is 6.92 Å². The highest BCUT2D eigenvalue weighted by molar-refractivity contribution is 9.10. The first-order chi connectivity index (χ1) is 9.56. The molecule has 3 heterocycles. The molecule has 0 unspecified atom stereocenters. The topological polar surface area (TPSA) is 72.4 Å². The number of aryl methyl sites for hydroxylation is 2. The van der Waals surface area contributed by atoms with Gasteiger partial charge >= 0.3 is 0 Å². The van der Waals surface area contributed by atoms with Gasteiger partial charge in [0.15, 0.2) is 16.3 Å². The maximum atomic E-state index is 12.6. The third kappa shape index (κ3) is 2.26. The quantitative estimate of drug-likeness (QED) is 0.840. The van der Waals surface area contributed by atoms with Crippen LogP contribution in [0, 0.1) is 13.8 Å². The van der Waals surface area contributed by atoms with Gasteiger partial charge in [-0.05, 0) is 41.8 Å². The molecule has 0 radical (unpaired) electrons. The molecule has 20 heavy (non-hydrogen) atoms. The highest BCUT2D eigenvalue weighted by Gasteiger charge is 2.35. The van der Waals surface area contributed by atoms with Crippen LogP contribution in [0.2, 0.25) is 0 Å². The van der Waals surface area contributed by atoms with Gasteiger partial charge in [0.25, 0.3) is 5.91 Å². The molecule has 0 N–H and O–H groups in total. The fourth-order valence-corrected chi connectivity index (χ4v) is 3.02. The maximum Gasteiger partial charge on any atom is 0.290 e. The van der Waals surface area contributed by atoms with Crippen LogP contribution in [0.15, 0.2) is 19.7 Å². The van der Waals surface area contributed by atoms with Gasteiger partial charge in [0, 0.05) is 19.0 Å². The molecular weight excluding hydrogens is 326 g/mol. The molecule has 3 rings (SSSR count). The van der Waals surface area contributed by atoms with Gasteiger partial charge in [-0.15, -0.1) is 0 Å². The number of carbonyl (C=O) groups is 1. The van der Waals surface area contributed by atoms with Crippen molar-refractivity contribution in [3.8, 4) is 0 Å². The van der Waals surface area contributed by atoms with Gasteiger partial charge < -0.3 is 13.8 Å². The van der Waals surface area contributed by atoms with Gasteiger partial charge in [-0.3, -0.25) is 4.79 Å². The van der Waals surface area contributed by atoms with Crippen molar-refractivity contribution >= 4 is 21.8 Å².